The maximum absolute atomic E-state index is 13.0. The molecule has 0 bridgehead atoms. The number of ketones is 1. The number of anilines is 1. The molecule has 0 heterocycles. The van der Waals surface area contributed by atoms with Crippen LogP contribution in [0.4, 0.5) is 18.9 Å². The summed E-state index contributed by atoms with van der Waals surface area (Å²) < 4.78 is 38.9. The van der Waals surface area contributed by atoms with Crippen LogP contribution in [0.15, 0.2) is 54.6 Å². The number of likely N-dealkylation sites (N-methyl/N-ethyl adjacent to an activating group) is 1. The fraction of sp³-hybridized carbons (Fsp3) is 0.250. The third-order valence-corrected chi connectivity index (χ3v) is 3.97. The van der Waals surface area contributed by atoms with Crippen molar-refractivity contribution >= 4 is 23.3 Å². The number of amides is 2. The first-order chi connectivity index (χ1) is 13.2. The second kappa shape index (κ2) is 9.16. The Morgan fingerprint density at radius 1 is 0.929 bits per heavy atom. The van der Waals surface area contributed by atoms with Gasteiger partial charge in [0.2, 0.25) is 11.8 Å². The number of Topliss-reactive ketones (excluding diaryl/α,β-unsaturated/α-hetero) is 1. The van der Waals surface area contributed by atoms with Crippen molar-refractivity contribution in [2.24, 2.45) is 0 Å². The van der Waals surface area contributed by atoms with E-state index >= 15 is 0 Å². The van der Waals surface area contributed by atoms with Gasteiger partial charge in [0, 0.05) is 25.5 Å². The zero-order valence-corrected chi connectivity index (χ0v) is 15.1. The molecular formula is C20H19F3N2O3. The lowest BCUT2D eigenvalue weighted by Gasteiger charge is -2.18. The fourth-order valence-electron chi connectivity index (χ4n) is 2.51. The molecule has 0 aliphatic rings. The average molecular weight is 392 g/mol. The minimum atomic E-state index is -4.61. The topological polar surface area (TPSA) is 66.5 Å². The highest BCUT2D eigenvalue weighted by atomic mass is 19.4. The molecule has 2 rings (SSSR count). The monoisotopic (exact) mass is 392 g/mol. The van der Waals surface area contributed by atoms with Crippen LogP contribution in [0.2, 0.25) is 0 Å². The number of carbonyl (C=O) groups excluding carboxylic acids is 3. The minimum absolute atomic E-state index is 0.0221. The van der Waals surface area contributed by atoms with Crippen molar-refractivity contribution in [3.05, 3.63) is 65.7 Å². The van der Waals surface area contributed by atoms with Crippen LogP contribution in [-0.4, -0.2) is 36.1 Å². The maximum Gasteiger partial charge on any atom is 0.418 e. The van der Waals surface area contributed by atoms with Crippen molar-refractivity contribution in [3.63, 3.8) is 0 Å². The van der Waals surface area contributed by atoms with Gasteiger partial charge < -0.3 is 10.2 Å². The molecule has 0 aromatic heterocycles. The van der Waals surface area contributed by atoms with Crippen LogP contribution in [0.25, 0.3) is 0 Å². The first-order valence-corrected chi connectivity index (χ1v) is 8.47. The standard InChI is InChI=1S/C20H19F3N2O3/c1-25(19(28)12-11-17(26)14-7-3-2-4-8-14)13-18(27)24-16-10-6-5-9-15(16)20(21,22)23/h2-10H,11-13H2,1H3,(H,24,27). The number of hydrogen-bond acceptors (Lipinski definition) is 3. The number of para-hydroxylation sites is 1. The molecule has 2 aromatic carbocycles. The molecule has 2 aromatic rings. The molecule has 1 N–H and O–H groups in total. The summed E-state index contributed by atoms with van der Waals surface area (Å²) in [6.45, 7) is -0.426. The first kappa shape index (κ1) is 21.1. The molecule has 8 heteroatoms. The average Bonchev–Trinajstić information content (AvgIpc) is 2.65. The van der Waals surface area contributed by atoms with Crippen LogP contribution < -0.4 is 5.32 Å². The summed E-state index contributed by atoms with van der Waals surface area (Å²) in [6.07, 6.45) is -4.73. The summed E-state index contributed by atoms with van der Waals surface area (Å²) in [5, 5.41) is 2.17. The second-order valence-electron chi connectivity index (χ2n) is 6.13. The van der Waals surface area contributed by atoms with Gasteiger partial charge in [-0.1, -0.05) is 42.5 Å². The molecule has 5 nitrogen and oxygen atoms in total. The number of hydrogen-bond donors (Lipinski definition) is 1. The molecule has 0 atom stereocenters. The lowest BCUT2D eigenvalue weighted by Crippen LogP contribution is -2.35. The molecule has 148 valence electrons. The van der Waals surface area contributed by atoms with Gasteiger partial charge in [0.25, 0.3) is 0 Å². The van der Waals surface area contributed by atoms with E-state index in [0.717, 1.165) is 17.0 Å². The molecular weight excluding hydrogens is 373 g/mol. The van der Waals surface area contributed by atoms with Gasteiger partial charge in [0.15, 0.2) is 5.78 Å². The van der Waals surface area contributed by atoms with E-state index in [1.807, 2.05) is 0 Å². The molecule has 0 spiro atoms. The highest BCUT2D eigenvalue weighted by Gasteiger charge is 2.33. The van der Waals surface area contributed by atoms with E-state index in [9.17, 15) is 27.6 Å². The van der Waals surface area contributed by atoms with E-state index in [4.69, 9.17) is 0 Å². The number of carbonyl (C=O) groups is 3. The van der Waals surface area contributed by atoms with Crippen LogP contribution in [0.5, 0.6) is 0 Å². The third-order valence-electron chi connectivity index (χ3n) is 3.97. The Hall–Kier alpha value is -3.16. The Morgan fingerprint density at radius 3 is 2.18 bits per heavy atom. The van der Waals surface area contributed by atoms with Crippen LogP contribution in [0.1, 0.15) is 28.8 Å². The van der Waals surface area contributed by atoms with Crippen LogP contribution in [0.3, 0.4) is 0 Å². The van der Waals surface area contributed by atoms with Gasteiger partial charge in [-0.2, -0.15) is 13.2 Å². The molecule has 0 aliphatic carbocycles. The number of benzene rings is 2. The third kappa shape index (κ3) is 5.94. The van der Waals surface area contributed by atoms with Gasteiger partial charge in [-0.05, 0) is 12.1 Å². The van der Waals surface area contributed by atoms with E-state index in [0.29, 0.717) is 5.56 Å². The predicted octanol–water partition coefficient (Wildman–Crippen LogP) is 3.77. The van der Waals surface area contributed by atoms with E-state index in [1.54, 1.807) is 30.3 Å². The number of halogens is 3. The smallest absolute Gasteiger partial charge is 0.336 e. The van der Waals surface area contributed by atoms with Gasteiger partial charge in [-0.3, -0.25) is 14.4 Å². The van der Waals surface area contributed by atoms with Gasteiger partial charge in [0.1, 0.15) is 0 Å². The Labute approximate surface area is 160 Å². The largest absolute Gasteiger partial charge is 0.418 e. The summed E-state index contributed by atoms with van der Waals surface area (Å²) in [7, 11) is 1.35. The molecule has 0 fully saturated rings. The van der Waals surface area contributed by atoms with Crippen molar-refractivity contribution in [2.75, 3.05) is 18.9 Å². The normalized spacial score (nSPS) is 11.0. The van der Waals surface area contributed by atoms with Crippen molar-refractivity contribution in [1.82, 2.24) is 4.90 Å². The van der Waals surface area contributed by atoms with E-state index in [1.165, 1.54) is 19.2 Å². The summed E-state index contributed by atoms with van der Waals surface area (Å²) in [5.41, 5.74) is -0.856. The van der Waals surface area contributed by atoms with Crippen molar-refractivity contribution < 1.29 is 27.6 Å². The van der Waals surface area contributed by atoms with Gasteiger partial charge in [-0.25, -0.2) is 0 Å². The quantitative estimate of drug-likeness (QED) is 0.730. The van der Waals surface area contributed by atoms with Crippen molar-refractivity contribution in [1.29, 1.82) is 0 Å². The second-order valence-corrected chi connectivity index (χ2v) is 6.13. The summed E-state index contributed by atoms with van der Waals surface area (Å²) >= 11 is 0. The number of alkyl halides is 3. The molecule has 2 amide bonds. The zero-order chi connectivity index (χ0) is 20.7. The molecule has 0 aliphatic heterocycles. The number of nitrogens with zero attached hydrogens (tertiary/aromatic N) is 1. The molecule has 0 unspecified atom stereocenters. The van der Waals surface area contributed by atoms with Gasteiger partial charge in [0.05, 0.1) is 17.8 Å². The SMILES string of the molecule is CN(CC(=O)Nc1ccccc1C(F)(F)F)C(=O)CCC(=O)c1ccccc1. The van der Waals surface area contributed by atoms with Crippen LogP contribution >= 0.6 is 0 Å². The van der Waals surface area contributed by atoms with Gasteiger partial charge >= 0.3 is 6.18 Å². The highest BCUT2D eigenvalue weighted by Crippen LogP contribution is 2.34. The zero-order valence-electron chi connectivity index (χ0n) is 15.1. The molecule has 0 radical (unpaired) electrons. The lowest BCUT2D eigenvalue weighted by molar-refractivity contribution is -0.137. The van der Waals surface area contributed by atoms with E-state index < -0.39 is 30.1 Å². The first-order valence-electron chi connectivity index (χ1n) is 8.47. The highest BCUT2D eigenvalue weighted by molar-refractivity contribution is 5.99. The number of nitrogens with one attached hydrogen (secondary N) is 1. The molecule has 0 saturated heterocycles. The van der Waals surface area contributed by atoms with Crippen LogP contribution in [0, 0.1) is 0 Å². The maximum atomic E-state index is 13.0. The Bertz CT molecular complexity index is 851. The van der Waals surface area contributed by atoms with Crippen LogP contribution in [-0.2, 0) is 15.8 Å². The fourth-order valence-corrected chi connectivity index (χ4v) is 2.51. The summed E-state index contributed by atoms with van der Waals surface area (Å²) in [4.78, 5) is 37.2. The lowest BCUT2D eigenvalue weighted by atomic mass is 10.1. The van der Waals surface area contributed by atoms with Crippen molar-refractivity contribution in [3.8, 4) is 0 Å². The summed E-state index contributed by atoms with van der Waals surface area (Å²) in [6, 6.07) is 13.1. The Balaban J connectivity index is 1.89. The van der Waals surface area contributed by atoms with Crippen molar-refractivity contribution in [2.45, 2.75) is 19.0 Å². The van der Waals surface area contributed by atoms with Gasteiger partial charge in [-0.15, -0.1) is 0 Å². The minimum Gasteiger partial charge on any atom is -0.336 e. The predicted molar refractivity (Wildman–Crippen MR) is 97.7 cm³/mol. The molecule has 0 saturated carbocycles. The van der Waals surface area contributed by atoms with E-state index in [-0.39, 0.29) is 24.3 Å². The Kier molecular flexibility index (Phi) is 6.92. The Morgan fingerprint density at radius 2 is 1.54 bits per heavy atom. The molecule has 28 heavy (non-hydrogen) atoms. The number of rotatable bonds is 7. The van der Waals surface area contributed by atoms with E-state index in [2.05, 4.69) is 5.32 Å². The summed E-state index contributed by atoms with van der Waals surface area (Å²) in [5.74, 6) is -1.42.